The number of benzene rings is 4. The zero-order valence-electron chi connectivity index (χ0n) is 83.2. The summed E-state index contributed by atoms with van der Waals surface area (Å²) in [5.74, 6) is 1.67. The summed E-state index contributed by atoms with van der Waals surface area (Å²) in [4.78, 5) is 0. The van der Waals surface area contributed by atoms with Gasteiger partial charge in [-0.2, -0.15) is 0 Å². The fourth-order valence-electron chi connectivity index (χ4n) is 14.3. The third kappa shape index (κ3) is 47.0. The van der Waals surface area contributed by atoms with Crippen molar-refractivity contribution in [1.29, 1.82) is 0 Å². The van der Waals surface area contributed by atoms with Gasteiger partial charge in [0.1, 0.15) is 46.0 Å². The molecule has 0 heterocycles. The van der Waals surface area contributed by atoms with Crippen molar-refractivity contribution in [2.45, 2.75) is 422 Å². The van der Waals surface area contributed by atoms with E-state index in [0.29, 0.717) is 138 Å². The van der Waals surface area contributed by atoms with Crippen molar-refractivity contribution < 1.29 is 61.3 Å². The number of rotatable bonds is 48. The van der Waals surface area contributed by atoms with E-state index < -0.39 is 22.4 Å². The number of phenols is 8. The van der Waals surface area contributed by atoms with Crippen LogP contribution in [0.2, 0.25) is 0 Å². The van der Waals surface area contributed by atoms with Crippen molar-refractivity contribution in [3.05, 3.63) is 231 Å². The highest BCUT2D eigenvalue weighted by Crippen LogP contribution is 2.40. The van der Waals surface area contributed by atoms with Gasteiger partial charge in [0.05, 0.1) is 22.4 Å². The van der Waals surface area contributed by atoms with Crippen LogP contribution in [0.4, 0.5) is 0 Å². The summed E-state index contributed by atoms with van der Waals surface area (Å²) in [5.41, 5.74) is 21.7. The predicted molar refractivity (Wildman–Crippen MR) is 531 cm³/mol. The van der Waals surface area contributed by atoms with Crippen LogP contribution in [0.25, 0.3) is 0 Å². The third-order valence-corrected chi connectivity index (χ3v) is 25.2. The molecule has 0 saturated heterocycles. The van der Waals surface area contributed by atoms with Crippen molar-refractivity contribution in [2.24, 2.45) is 0 Å². The lowest BCUT2D eigenvalue weighted by atomic mass is 9.88. The van der Waals surface area contributed by atoms with Gasteiger partial charge in [-0.05, 0) is 452 Å². The summed E-state index contributed by atoms with van der Waals surface area (Å²) in [5, 5.41) is 125. The fraction of sp³-hybridized carbons (Fsp3) is 0.571. The maximum Gasteiger partial charge on any atom is 0.122 e. The Balaban J connectivity index is 0.000000827. The Kier molecular flexibility index (Phi) is 53.7. The van der Waals surface area contributed by atoms with E-state index in [1.807, 2.05) is 55.4 Å². The Morgan fingerprint density at radius 2 is 0.500 bits per heavy atom. The van der Waals surface area contributed by atoms with Gasteiger partial charge in [0.25, 0.3) is 0 Å². The minimum Gasteiger partial charge on any atom is -0.508 e. The Morgan fingerprint density at radius 3 is 0.815 bits per heavy atom. The first-order valence-electron chi connectivity index (χ1n) is 46.7. The second-order valence-corrected chi connectivity index (χ2v) is 37.8. The molecule has 4 atom stereocenters. The molecule has 4 aromatic carbocycles. The van der Waals surface area contributed by atoms with Gasteiger partial charge >= 0.3 is 0 Å². The van der Waals surface area contributed by atoms with Crippen LogP contribution in [0, 0.1) is 55.4 Å². The molecule has 0 aliphatic rings. The molecule has 12 heteroatoms. The summed E-state index contributed by atoms with van der Waals surface area (Å²) in [6, 6.07) is 6.33. The zero-order chi connectivity index (χ0) is 94.4. The van der Waals surface area contributed by atoms with Crippen LogP contribution in [0.1, 0.15) is 385 Å². The number of phenolic OH excluding ortho intramolecular Hbond substituents is 8. The van der Waals surface area contributed by atoms with Crippen molar-refractivity contribution in [3.63, 3.8) is 0 Å². The van der Waals surface area contributed by atoms with Gasteiger partial charge in [0.2, 0.25) is 0 Å². The average molecular weight is 1710 g/mol. The first-order valence-corrected chi connectivity index (χ1v) is 46.7. The van der Waals surface area contributed by atoms with Gasteiger partial charge < -0.3 is 61.3 Å². The number of allylic oxidation sites excluding steroid dienone is 20. The Labute approximate surface area is 755 Å². The van der Waals surface area contributed by atoms with Gasteiger partial charge in [-0.3, -0.25) is 0 Å². The monoisotopic (exact) mass is 1710 g/mol. The summed E-state index contributed by atoms with van der Waals surface area (Å²) in [7, 11) is 0. The molecule has 0 amide bonds. The molecule has 4 rings (SSSR count). The van der Waals surface area contributed by atoms with Crippen molar-refractivity contribution in [3.8, 4) is 46.0 Å². The molecule has 0 spiro atoms. The summed E-state index contributed by atoms with van der Waals surface area (Å²) in [6.07, 6.45) is 55.4. The predicted octanol–water partition coefficient (Wildman–Crippen LogP) is 30.4. The van der Waals surface area contributed by atoms with Crippen molar-refractivity contribution in [2.75, 3.05) is 0 Å². The normalized spacial score (nSPS) is 15.3. The van der Waals surface area contributed by atoms with E-state index in [0.717, 1.165) is 134 Å². The highest BCUT2D eigenvalue weighted by atomic mass is 16.3. The molecule has 0 fully saturated rings. The molecular formula is C112H176O12. The lowest BCUT2D eigenvalue weighted by molar-refractivity contribution is 0.0534. The van der Waals surface area contributed by atoms with Crippen molar-refractivity contribution in [1.82, 2.24) is 0 Å². The smallest absolute Gasteiger partial charge is 0.122 e. The molecule has 4 aromatic rings. The summed E-state index contributed by atoms with van der Waals surface area (Å²) in [6.45, 7) is 56.6. The maximum atomic E-state index is 10.9. The Hall–Kier alpha value is -8.00. The topological polar surface area (TPSA) is 243 Å². The molecule has 0 saturated carbocycles. The van der Waals surface area contributed by atoms with E-state index in [1.165, 1.54) is 66.9 Å². The molecule has 124 heavy (non-hydrogen) atoms. The number of aryl methyl sites for hydroxylation is 4. The minimum atomic E-state index is -0.857. The van der Waals surface area contributed by atoms with Crippen LogP contribution in [0.5, 0.6) is 46.0 Å². The number of hydrogen-bond acceptors (Lipinski definition) is 12. The lowest BCUT2D eigenvalue weighted by Crippen LogP contribution is -2.24. The molecule has 0 bridgehead atoms. The Morgan fingerprint density at radius 1 is 0.250 bits per heavy atom. The van der Waals surface area contributed by atoms with Crippen LogP contribution in [-0.4, -0.2) is 83.7 Å². The minimum absolute atomic E-state index is 0.149. The number of hydrogen-bond donors (Lipinski definition) is 12. The molecule has 4 unspecified atom stereocenters. The van der Waals surface area contributed by atoms with Gasteiger partial charge in [0, 0.05) is 11.1 Å². The van der Waals surface area contributed by atoms with E-state index in [9.17, 15) is 61.3 Å². The molecular weight excluding hydrogens is 1540 g/mol. The highest BCUT2D eigenvalue weighted by Gasteiger charge is 2.26. The van der Waals surface area contributed by atoms with Crippen LogP contribution in [-0.2, 0) is 25.7 Å². The number of aliphatic hydroxyl groups is 4. The number of aromatic hydroxyl groups is 8. The van der Waals surface area contributed by atoms with E-state index in [-0.39, 0.29) is 46.0 Å². The fourth-order valence-corrected chi connectivity index (χ4v) is 14.3. The first-order chi connectivity index (χ1) is 57.9. The van der Waals surface area contributed by atoms with Gasteiger partial charge in [-0.15, -0.1) is 0 Å². The van der Waals surface area contributed by atoms with Crippen molar-refractivity contribution >= 4 is 0 Å². The van der Waals surface area contributed by atoms with Crippen LogP contribution < -0.4 is 0 Å². The molecule has 0 radical (unpaired) electrons. The largest absolute Gasteiger partial charge is 0.508 e. The molecule has 0 aromatic heterocycles. The van der Waals surface area contributed by atoms with E-state index in [1.54, 1.807) is 52.0 Å². The second kappa shape index (κ2) is 58.4. The zero-order valence-corrected chi connectivity index (χ0v) is 83.2. The standard InChI is InChI=1S/C29H46O3.2C28H44O3.C27H42O3/c1-9-20(2)12-10-13-21(3)14-11-15-22(4)16-18-29(8,32)19-17-26-25(7)27(30)23(5)24(6)28(26)31;1-8-20(2)11-9-12-21(3)13-10-14-22(4)15-17-28(7,31)18-16-25-19-26(29)23(5)24(6)27(25)30;1-8-20(2)11-9-12-21(3)13-10-14-22(4)15-17-28(7,31)18-16-25-24(6)27(30)23(5)19-26(25)29;1-7-20(2)10-8-11-21(3)12-9-13-22(4)14-16-27(6,30)17-15-24-19-25(28)18-23(5)26(24)29/h12,14,16,30-32H,9-11,13,15,17-19H2,1-8H3;2*11,13,15,19,29-31H,8-10,12,14,16-18H2,1-7H3;10,12,14,18-19,28-30H,7-9,11,13,15-17H2,1-6H3/b20-12+,21-14+,22-16+;2*20-11+,21-13+,22-15+;20-10+,21-12+,22-14+. The van der Waals surface area contributed by atoms with Crippen LogP contribution >= 0.6 is 0 Å². The average Bonchev–Trinajstić information content (AvgIpc) is 0.801. The van der Waals surface area contributed by atoms with Crippen LogP contribution in [0.15, 0.2) is 164 Å². The summed E-state index contributed by atoms with van der Waals surface area (Å²) >= 11 is 0. The molecule has 0 aliphatic heterocycles. The van der Waals surface area contributed by atoms with E-state index >= 15 is 0 Å². The van der Waals surface area contributed by atoms with E-state index in [4.69, 9.17) is 0 Å². The Bertz CT molecular complexity index is 4310. The lowest BCUT2D eigenvalue weighted by Gasteiger charge is -2.24. The van der Waals surface area contributed by atoms with Gasteiger partial charge in [0.15, 0.2) is 0 Å². The summed E-state index contributed by atoms with van der Waals surface area (Å²) < 4.78 is 0. The molecule has 12 N–H and O–H groups in total. The van der Waals surface area contributed by atoms with Gasteiger partial charge in [-0.1, -0.05) is 167 Å². The quantitative estimate of drug-likeness (QED) is 0.0146. The SMILES string of the molecule is CC/C(C)=C/CC/C(C)=C/CC/C(C)=C/CC(C)(O)CCc1c(C)c(O)c(C)c(C)c1O.CC/C(C)=C/CC/C(C)=C/CC/C(C)=C/CC(C)(O)CCc1c(O)cc(C)c(O)c1C.CC/C(C)=C/CC/C(C)=C/CC/C(C)=C/CC(C)(O)CCc1cc(O)c(C)c(C)c1O.CC/C(C)=C/CC/C(C)=C/CC/C(C)=C/CC(C)(O)CCc1cc(O)cc(C)c1O. The second-order valence-electron chi connectivity index (χ2n) is 37.8. The van der Waals surface area contributed by atoms with E-state index in [2.05, 4.69) is 184 Å². The third-order valence-electron chi connectivity index (χ3n) is 25.2. The first kappa shape index (κ1) is 114. The van der Waals surface area contributed by atoms with Gasteiger partial charge in [-0.25, -0.2) is 0 Å². The van der Waals surface area contributed by atoms with Crippen LogP contribution in [0.3, 0.4) is 0 Å². The molecule has 696 valence electrons. The maximum absolute atomic E-state index is 10.9. The molecule has 12 nitrogen and oxygen atoms in total. The highest BCUT2D eigenvalue weighted by molar-refractivity contribution is 5.57. The molecule has 0 aliphatic carbocycles.